The van der Waals surface area contributed by atoms with Gasteiger partial charge in [-0.25, -0.2) is 8.57 Å². The van der Waals surface area contributed by atoms with Crippen molar-refractivity contribution in [1.29, 1.82) is 0 Å². The molecule has 0 aromatic heterocycles. The van der Waals surface area contributed by atoms with Gasteiger partial charge in [-0.2, -0.15) is 4.40 Å². The summed E-state index contributed by atoms with van der Waals surface area (Å²) in [7, 11) is -0.782. The zero-order chi connectivity index (χ0) is 6.04. The van der Waals surface area contributed by atoms with Gasteiger partial charge < -0.3 is 0 Å². The van der Waals surface area contributed by atoms with Crippen molar-refractivity contribution in [2.24, 2.45) is 8.76 Å². The first kappa shape index (κ1) is 5.50. The fourth-order valence-electron chi connectivity index (χ4n) is 0.403. The Hall–Kier alpha value is -0.640. The molecule has 1 unspecified atom stereocenters. The standard InChI is InChI=1S/C4H6N2OS/c1-5-8(7)4-2-3-6-8/h2-4H,1H3. The van der Waals surface area contributed by atoms with Crippen LogP contribution in [0.15, 0.2) is 20.2 Å². The monoisotopic (exact) mass is 130 g/mol. The van der Waals surface area contributed by atoms with E-state index in [0.717, 1.165) is 0 Å². The lowest BCUT2D eigenvalue weighted by Crippen LogP contribution is -1.81. The Morgan fingerprint density at radius 1 is 1.75 bits per heavy atom. The van der Waals surface area contributed by atoms with Crippen LogP contribution in [0.3, 0.4) is 0 Å². The number of allylic oxidation sites excluding steroid dienone is 1. The van der Waals surface area contributed by atoms with E-state index in [1.54, 1.807) is 6.08 Å². The summed E-state index contributed by atoms with van der Waals surface area (Å²) < 4.78 is 18.1. The van der Waals surface area contributed by atoms with E-state index >= 15 is 0 Å². The van der Waals surface area contributed by atoms with E-state index in [2.05, 4.69) is 8.76 Å². The topological polar surface area (TPSA) is 41.8 Å². The predicted molar refractivity (Wildman–Crippen MR) is 34.1 cm³/mol. The van der Waals surface area contributed by atoms with Gasteiger partial charge in [-0.1, -0.05) is 0 Å². The molecule has 44 valence electrons. The van der Waals surface area contributed by atoms with E-state index in [1.165, 1.54) is 18.7 Å². The van der Waals surface area contributed by atoms with E-state index in [1.807, 2.05) is 0 Å². The van der Waals surface area contributed by atoms with Crippen LogP contribution in [0.2, 0.25) is 0 Å². The number of hydrogen-bond acceptors (Lipinski definition) is 2. The number of hydrogen-bond donors (Lipinski definition) is 0. The first-order valence-corrected chi connectivity index (χ1v) is 3.67. The van der Waals surface area contributed by atoms with Crippen molar-refractivity contribution in [3.8, 4) is 0 Å². The average molecular weight is 130 g/mol. The zero-order valence-corrected chi connectivity index (χ0v) is 5.26. The summed E-state index contributed by atoms with van der Waals surface area (Å²) in [5.41, 5.74) is 0. The van der Waals surface area contributed by atoms with Crippen LogP contribution in [0.4, 0.5) is 0 Å². The summed E-state index contributed by atoms with van der Waals surface area (Å²) in [6.45, 7) is 0. The van der Waals surface area contributed by atoms with Crippen LogP contribution in [-0.2, 0) is 9.92 Å². The summed E-state index contributed by atoms with van der Waals surface area (Å²) in [4.78, 5) is 0. The highest BCUT2D eigenvalue weighted by molar-refractivity contribution is 7.95. The molecule has 1 aliphatic rings. The van der Waals surface area contributed by atoms with Crippen LogP contribution in [0.5, 0.6) is 0 Å². The van der Waals surface area contributed by atoms with Crippen molar-refractivity contribution >= 4 is 16.1 Å². The van der Waals surface area contributed by atoms with Crippen molar-refractivity contribution in [1.82, 2.24) is 0 Å². The summed E-state index contributed by atoms with van der Waals surface area (Å²) in [6, 6.07) is 0. The van der Waals surface area contributed by atoms with Crippen molar-refractivity contribution in [2.45, 2.75) is 0 Å². The van der Waals surface area contributed by atoms with Crippen LogP contribution in [0.25, 0.3) is 0 Å². The second-order valence-corrected chi connectivity index (χ2v) is 3.23. The van der Waals surface area contributed by atoms with Crippen molar-refractivity contribution < 1.29 is 4.21 Å². The van der Waals surface area contributed by atoms with Gasteiger partial charge in [-0.05, 0) is 6.08 Å². The van der Waals surface area contributed by atoms with Crippen LogP contribution in [0.1, 0.15) is 0 Å². The van der Waals surface area contributed by atoms with Crippen molar-refractivity contribution in [2.75, 3.05) is 7.05 Å². The number of nitrogens with zero attached hydrogens (tertiary/aromatic N) is 2. The Morgan fingerprint density at radius 2 is 2.50 bits per heavy atom. The van der Waals surface area contributed by atoms with Gasteiger partial charge in [-0.15, -0.1) is 0 Å². The third-order valence-electron chi connectivity index (χ3n) is 0.815. The molecule has 0 saturated carbocycles. The molecule has 1 aliphatic heterocycles. The average Bonchev–Trinajstić information content (AvgIpc) is 2.17. The highest BCUT2D eigenvalue weighted by Crippen LogP contribution is 2.02. The molecule has 4 heteroatoms. The third-order valence-corrected chi connectivity index (χ3v) is 2.27. The third kappa shape index (κ3) is 0.790. The Bertz CT molecular complexity index is 227. The molecule has 3 nitrogen and oxygen atoms in total. The molecule has 0 amide bonds. The normalized spacial score (nSPS) is 33.6. The SMILES string of the molecule is CN=S1(=O)C=CC=N1. The Labute approximate surface area is 48.4 Å². The van der Waals surface area contributed by atoms with Gasteiger partial charge in [0, 0.05) is 18.7 Å². The molecular formula is C4H6N2OS. The summed E-state index contributed by atoms with van der Waals surface area (Å²) >= 11 is 0. The lowest BCUT2D eigenvalue weighted by molar-refractivity contribution is 0.684. The molecule has 8 heavy (non-hydrogen) atoms. The van der Waals surface area contributed by atoms with Crippen LogP contribution in [-0.4, -0.2) is 17.5 Å². The lowest BCUT2D eigenvalue weighted by atomic mass is 10.7. The van der Waals surface area contributed by atoms with Gasteiger partial charge in [-0.3, -0.25) is 0 Å². The molecule has 0 bridgehead atoms. The molecule has 1 heterocycles. The second-order valence-electron chi connectivity index (χ2n) is 1.30. The minimum absolute atomic E-state index is 1.49. The Kier molecular flexibility index (Phi) is 1.17. The Morgan fingerprint density at radius 3 is 2.75 bits per heavy atom. The van der Waals surface area contributed by atoms with E-state index in [0.29, 0.717) is 0 Å². The molecule has 0 aromatic rings. The second kappa shape index (κ2) is 1.70. The molecule has 0 radical (unpaired) electrons. The molecule has 0 spiro atoms. The highest BCUT2D eigenvalue weighted by Gasteiger charge is 1.99. The highest BCUT2D eigenvalue weighted by atomic mass is 32.2. The minimum Gasteiger partial charge on any atom is -0.222 e. The molecule has 0 saturated heterocycles. The predicted octanol–water partition coefficient (Wildman–Crippen LogP) is 0.597. The number of rotatable bonds is 0. The maximum Gasteiger partial charge on any atom is 0.172 e. The maximum absolute atomic E-state index is 10.9. The van der Waals surface area contributed by atoms with Crippen LogP contribution >= 0.6 is 0 Å². The molecule has 1 rings (SSSR count). The fraction of sp³-hybridized carbons (Fsp3) is 0.250. The van der Waals surface area contributed by atoms with Gasteiger partial charge in [0.25, 0.3) is 0 Å². The van der Waals surface area contributed by atoms with Gasteiger partial charge >= 0.3 is 0 Å². The van der Waals surface area contributed by atoms with Gasteiger partial charge in [0.2, 0.25) is 0 Å². The first-order chi connectivity index (χ1) is 3.77. The van der Waals surface area contributed by atoms with E-state index < -0.39 is 9.92 Å². The summed E-state index contributed by atoms with van der Waals surface area (Å²) in [5, 5.41) is 1.49. The minimum atomic E-state index is -2.28. The summed E-state index contributed by atoms with van der Waals surface area (Å²) in [6.07, 6.45) is 3.13. The largest absolute Gasteiger partial charge is 0.222 e. The fourth-order valence-corrected chi connectivity index (χ4v) is 1.21. The van der Waals surface area contributed by atoms with E-state index in [4.69, 9.17) is 0 Å². The quantitative estimate of drug-likeness (QED) is 0.473. The van der Waals surface area contributed by atoms with Crippen molar-refractivity contribution in [3.63, 3.8) is 0 Å². The molecule has 0 aliphatic carbocycles. The van der Waals surface area contributed by atoms with Gasteiger partial charge in [0.15, 0.2) is 9.92 Å². The van der Waals surface area contributed by atoms with Gasteiger partial charge in [0.05, 0.1) is 0 Å². The van der Waals surface area contributed by atoms with Gasteiger partial charge in [0.1, 0.15) is 0 Å². The van der Waals surface area contributed by atoms with Crippen molar-refractivity contribution in [3.05, 3.63) is 11.5 Å². The smallest absolute Gasteiger partial charge is 0.172 e. The lowest BCUT2D eigenvalue weighted by Gasteiger charge is -1.85. The van der Waals surface area contributed by atoms with Crippen LogP contribution in [0, 0.1) is 0 Å². The molecular weight excluding hydrogens is 124 g/mol. The van der Waals surface area contributed by atoms with Crippen LogP contribution < -0.4 is 0 Å². The first-order valence-electron chi connectivity index (χ1n) is 2.14. The van der Waals surface area contributed by atoms with E-state index in [-0.39, 0.29) is 0 Å². The molecule has 0 fully saturated rings. The molecule has 0 N–H and O–H groups in total. The zero-order valence-electron chi connectivity index (χ0n) is 4.44. The Balaban J connectivity index is 3.23. The molecule has 0 aromatic carbocycles. The summed E-state index contributed by atoms with van der Waals surface area (Å²) in [5.74, 6) is 0. The molecule has 1 atom stereocenters. The maximum atomic E-state index is 10.9. The van der Waals surface area contributed by atoms with E-state index in [9.17, 15) is 4.21 Å².